The highest BCUT2D eigenvalue weighted by atomic mass is 16.5. The van der Waals surface area contributed by atoms with Gasteiger partial charge in [0.15, 0.2) is 0 Å². The first-order valence-corrected chi connectivity index (χ1v) is 25.8. The van der Waals surface area contributed by atoms with Crippen LogP contribution < -0.4 is 0 Å². The molecule has 4 saturated heterocycles. The largest absolute Gasteiger partial charge is 0.374 e. The van der Waals surface area contributed by atoms with Gasteiger partial charge in [0.2, 0.25) is 0 Å². The first kappa shape index (κ1) is 49.8. The van der Waals surface area contributed by atoms with E-state index < -0.39 is 0 Å². The molecule has 4 fully saturated rings. The van der Waals surface area contributed by atoms with E-state index >= 15 is 0 Å². The molecule has 344 valence electrons. The van der Waals surface area contributed by atoms with Gasteiger partial charge in [0, 0.05) is 21.7 Å². The second kappa shape index (κ2) is 20.7. The Kier molecular flexibility index (Phi) is 17.2. The maximum Gasteiger partial charge on any atom is 0.0684 e. The van der Waals surface area contributed by atoms with E-state index in [4.69, 9.17) is 18.9 Å². The van der Waals surface area contributed by atoms with Gasteiger partial charge >= 0.3 is 0 Å². The Labute approximate surface area is 371 Å². The lowest BCUT2D eigenvalue weighted by Gasteiger charge is -2.38. The third kappa shape index (κ3) is 11.0. The van der Waals surface area contributed by atoms with E-state index in [0.29, 0.717) is 33.5 Å². The summed E-state index contributed by atoms with van der Waals surface area (Å²) in [5.41, 5.74) is 5.85. The Balaban J connectivity index is 0.000000152. The van der Waals surface area contributed by atoms with Crippen molar-refractivity contribution in [2.45, 2.75) is 247 Å². The van der Waals surface area contributed by atoms with E-state index in [9.17, 15) is 0 Å². The predicted octanol–water partition coefficient (Wildman–Crippen LogP) is 16.0. The van der Waals surface area contributed by atoms with Crippen LogP contribution in [0.2, 0.25) is 0 Å². The Bertz CT molecular complexity index is 1470. The summed E-state index contributed by atoms with van der Waals surface area (Å²) >= 11 is 0. The molecular weight excluding hydrogens is 737 g/mol. The number of hydrogen-bond donors (Lipinski definition) is 0. The van der Waals surface area contributed by atoms with E-state index in [1.165, 1.54) is 141 Å². The van der Waals surface area contributed by atoms with Gasteiger partial charge in [-0.05, 0) is 167 Å². The minimum absolute atomic E-state index is 0.188. The van der Waals surface area contributed by atoms with Gasteiger partial charge in [-0.2, -0.15) is 0 Å². The van der Waals surface area contributed by atoms with Crippen molar-refractivity contribution in [1.29, 1.82) is 0 Å². The maximum atomic E-state index is 6.21. The molecule has 4 aliphatic carbocycles. The van der Waals surface area contributed by atoms with Crippen LogP contribution in [-0.2, 0) is 18.9 Å². The summed E-state index contributed by atoms with van der Waals surface area (Å²) in [6.45, 7) is 31.4. The molecule has 6 unspecified atom stereocenters. The second-order valence-electron chi connectivity index (χ2n) is 22.2. The van der Waals surface area contributed by atoms with Crippen LogP contribution in [0.25, 0.3) is 0 Å². The lowest BCUT2D eigenvalue weighted by molar-refractivity contribution is -0.00634. The zero-order valence-corrected chi connectivity index (χ0v) is 41.6. The molecule has 4 heterocycles. The average Bonchev–Trinajstić information content (AvgIpc) is 4.06. The smallest absolute Gasteiger partial charge is 0.0684 e. The van der Waals surface area contributed by atoms with Gasteiger partial charge < -0.3 is 18.9 Å². The van der Waals surface area contributed by atoms with E-state index in [0.717, 1.165) is 26.4 Å². The molecular formula is C56H96O4. The molecule has 8 rings (SSSR count). The fourth-order valence-electron chi connectivity index (χ4n) is 13.0. The van der Waals surface area contributed by atoms with Crippen LogP contribution in [0.5, 0.6) is 0 Å². The van der Waals surface area contributed by atoms with Crippen molar-refractivity contribution in [1.82, 2.24) is 0 Å². The third-order valence-electron chi connectivity index (χ3n) is 18.8. The molecule has 4 nitrogen and oxygen atoms in total. The van der Waals surface area contributed by atoms with Crippen LogP contribution in [0.4, 0.5) is 0 Å². The molecule has 0 radical (unpaired) electrons. The molecule has 0 aromatic rings. The quantitative estimate of drug-likeness (QED) is 0.228. The van der Waals surface area contributed by atoms with Crippen LogP contribution in [-0.4, -0.2) is 48.8 Å². The van der Waals surface area contributed by atoms with Crippen molar-refractivity contribution >= 4 is 0 Å². The summed E-state index contributed by atoms with van der Waals surface area (Å²) in [6.07, 6.45) is 41.7. The van der Waals surface area contributed by atoms with Crippen LogP contribution in [0.3, 0.4) is 0 Å². The number of hydrogen-bond acceptors (Lipinski definition) is 4. The number of ether oxygens (including phenoxy) is 4. The van der Waals surface area contributed by atoms with E-state index in [2.05, 4.69) is 120 Å². The molecule has 0 N–H and O–H groups in total. The van der Waals surface area contributed by atoms with E-state index in [1.54, 1.807) is 11.1 Å². The van der Waals surface area contributed by atoms with E-state index in [1.807, 2.05) is 0 Å². The van der Waals surface area contributed by atoms with Crippen LogP contribution in [0.15, 0.2) is 47.6 Å². The number of rotatable bonds is 8. The fraction of sp³-hybridized carbons (Fsp3) is 0.857. The SMILES string of the molecule is CCC1(CC)CC2(CC=C(C)CC2)CO1.CCC1(CC)CC2(CC=CCC2)CO1.CCC1(CC)CC2(CCC(C)=CC2C)CO1.CCC1(CC)CC2(CCC=CC2C)CO1. The summed E-state index contributed by atoms with van der Waals surface area (Å²) in [4.78, 5) is 0. The first-order chi connectivity index (χ1) is 28.6. The van der Waals surface area contributed by atoms with Crippen molar-refractivity contribution in [3.63, 3.8) is 0 Å². The van der Waals surface area contributed by atoms with Gasteiger partial charge in [-0.1, -0.05) is 117 Å². The highest BCUT2D eigenvalue weighted by Crippen LogP contribution is 2.55. The molecule has 0 aromatic carbocycles. The van der Waals surface area contributed by atoms with Crippen molar-refractivity contribution in [3.8, 4) is 0 Å². The van der Waals surface area contributed by atoms with Gasteiger partial charge in [-0.3, -0.25) is 0 Å². The van der Waals surface area contributed by atoms with E-state index in [-0.39, 0.29) is 22.4 Å². The zero-order valence-electron chi connectivity index (χ0n) is 41.6. The molecule has 0 amide bonds. The van der Waals surface area contributed by atoms with Gasteiger partial charge in [0.05, 0.1) is 48.8 Å². The van der Waals surface area contributed by atoms with Crippen molar-refractivity contribution < 1.29 is 18.9 Å². The zero-order chi connectivity index (χ0) is 43.8. The van der Waals surface area contributed by atoms with Crippen molar-refractivity contribution in [2.75, 3.05) is 26.4 Å². The van der Waals surface area contributed by atoms with Crippen LogP contribution in [0.1, 0.15) is 224 Å². The van der Waals surface area contributed by atoms with Crippen molar-refractivity contribution in [3.05, 3.63) is 47.6 Å². The summed E-state index contributed by atoms with van der Waals surface area (Å²) in [5.74, 6) is 1.40. The van der Waals surface area contributed by atoms with Gasteiger partial charge in [0.25, 0.3) is 0 Å². The van der Waals surface area contributed by atoms with Crippen molar-refractivity contribution in [2.24, 2.45) is 33.5 Å². The molecule has 4 heteroatoms. The normalized spacial score (nSPS) is 36.6. The number of allylic oxidation sites excluding steroid dienone is 8. The van der Waals surface area contributed by atoms with Gasteiger partial charge in [-0.25, -0.2) is 0 Å². The summed E-state index contributed by atoms with van der Waals surface area (Å²) in [7, 11) is 0. The molecule has 60 heavy (non-hydrogen) atoms. The summed E-state index contributed by atoms with van der Waals surface area (Å²) < 4.78 is 24.6. The minimum atomic E-state index is 0.188. The van der Waals surface area contributed by atoms with Gasteiger partial charge in [-0.15, -0.1) is 0 Å². The molecule has 6 atom stereocenters. The Morgan fingerprint density at radius 1 is 0.467 bits per heavy atom. The molecule has 0 bridgehead atoms. The predicted molar refractivity (Wildman–Crippen MR) is 256 cm³/mol. The Morgan fingerprint density at radius 2 is 0.917 bits per heavy atom. The Morgan fingerprint density at radius 3 is 1.32 bits per heavy atom. The maximum absolute atomic E-state index is 6.21. The highest BCUT2D eigenvalue weighted by molar-refractivity contribution is 5.14. The molecule has 4 aliphatic heterocycles. The lowest BCUT2D eigenvalue weighted by Crippen LogP contribution is -2.33. The molecule has 0 saturated carbocycles. The third-order valence-corrected chi connectivity index (χ3v) is 18.8. The fourth-order valence-corrected chi connectivity index (χ4v) is 13.0. The standard InChI is InChI=1S/C15H26O.2C14H24O.C13H22O/c1-5-15(6-2)10-14(11-16-15)8-7-12(3)9-13(14)4;1-4-14(5-2)10-13(11-15-14)8-6-12(3)7-9-13;1-4-14(5-2)10-13(11-15-14)9-7-6-8-12(13)3;1-3-13(4-2)10-12(11-14-13)8-6-5-7-9-12/h9,13H,5-8,10-11H2,1-4H3;6H,4-5,7-11H2,1-3H3;6,8,12H,4-5,7,9-11H2,1-3H3;5-6H,3-4,7-11H2,1-2H3. The Hall–Kier alpha value is -1.20. The first-order valence-electron chi connectivity index (χ1n) is 25.8. The molecule has 8 aliphatic rings. The minimum Gasteiger partial charge on any atom is -0.374 e. The van der Waals surface area contributed by atoms with Crippen LogP contribution >= 0.6 is 0 Å². The summed E-state index contributed by atoms with van der Waals surface area (Å²) in [6, 6.07) is 0. The van der Waals surface area contributed by atoms with Gasteiger partial charge in [0.1, 0.15) is 0 Å². The highest BCUT2D eigenvalue weighted by Gasteiger charge is 2.52. The monoisotopic (exact) mass is 833 g/mol. The van der Waals surface area contributed by atoms with Crippen LogP contribution in [0, 0.1) is 33.5 Å². The second-order valence-corrected chi connectivity index (χ2v) is 22.2. The lowest BCUT2D eigenvalue weighted by atomic mass is 9.65. The molecule has 4 spiro atoms. The molecule has 0 aromatic heterocycles. The topological polar surface area (TPSA) is 36.9 Å². The summed E-state index contributed by atoms with van der Waals surface area (Å²) in [5, 5.41) is 0. The average molecular weight is 833 g/mol.